The molecule has 6 nitrogen and oxygen atoms in total. The van der Waals surface area contributed by atoms with Crippen molar-refractivity contribution >= 4 is 23.2 Å². The fraction of sp³-hybridized carbons (Fsp3) is 0.440. The number of carbonyl (C=O) groups is 2. The van der Waals surface area contributed by atoms with Gasteiger partial charge in [-0.25, -0.2) is 0 Å². The van der Waals surface area contributed by atoms with Crippen LogP contribution in [-0.4, -0.2) is 66.9 Å². The molecule has 0 saturated carbocycles. The molecule has 0 aromatic heterocycles. The fourth-order valence-electron chi connectivity index (χ4n) is 4.71. The van der Waals surface area contributed by atoms with Gasteiger partial charge in [-0.15, -0.1) is 0 Å². The van der Waals surface area contributed by atoms with E-state index in [1.54, 1.807) is 0 Å². The summed E-state index contributed by atoms with van der Waals surface area (Å²) in [5.41, 5.74) is 5.38. The molecule has 0 aliphatic carbocycles. The van der Waals surface area contributed by atoms with Gasteiger partial charge < -0.3 is 10.2 Å². The number of fused-ring (bicyclic) bond motifs is 1. The third-order valence-electron chi connectivity index (χ3n) is 6.41. The Labute approximate surface area is 184 Å². The van der Waals surface area contributed by atoms with E-state index in [0.717, 1.165) is 55.1 Å². The van der Waals surface area contributed by atoms with E-state index < -0.39 is 0 Å². The van der Waals surface area contributed by atoms with Gasteiger partial charge >= 0.3 is 0 Å². The molecule has 2 aromatic carbocycles. The number of nitrogens with zero attached hydrogens (tertiary/aromatic N) is 3. The van der Waals surface area contributed by atoms with Crippen LogP contribution in [0.15, 0.2) is 42.5 Å². The second-order valence-corrected chi connectivity index (χ2v) is 8.81. The predicted molar refractivity (Wildman–Crippen MR) is 125 cm³/mol. The fourth-order valence-corrected chi connectivity index (χ4v) is 4.71. The summed E-state index contributed by atoms with van der Waals surface area (Å²) in [6.45, 7) is 10.1. The molecule has 1 N–H and O–H groups in total. The highest BCUT2D eigenvalue weighted by Crippen LogP contribution is 2.31. The van der Waals surface area contributed by atoms with Gasteiger partial charge in [0.2, 0.25) is 11.8 Å². The highest BCUT2D eigenvalue weighted by Gasteiger charge is 2.32. The number of para-hydroxylation sites is 2. The zero-order valence-corrected chi connectivity index (χ0v) is 18.7. The van der Waals surface area contributed by atoms with E-state index in [0.29, 0.717) is 13.1 Å². The first-order chi connectivity index (χ1) is 14.9. The topological polar surface area (TPSA) is 55.9 Å². The zero-order valence-electron chi connectivity index (χ0n) is 18.7. The van der Waals surface area contributed by atoms with E-state index >= 15 is 0 Å². The van der Waals surface area contributed by atoms with Crippen molar-refractivity contribution in [3.05, 3.63) is 59.2 Å². The van der Waals surface area contributed by atoms with Crippen molar-refractivity contribution in [2.75, 3.05) is 49.5 Å². The van der Waals surface area contributed by atoms with Crippen LogP contribution >= 0.6 is 0 Å². The maximum Gasteiger partial charge on any atom is 0.241 e. The Bertz CT molecular complexity index is 945. The van der Waals surface area contributed by atoms with Crippen LogP contribution in [0.5, 0.6) is 0 Å². The summed E-state index contributed by atoms with van der Waals surface area (Å²) in [5.74, 6) is 0.183. The highest BCUT2D eigenvalue weighted by atomic mass is 16.2. The minimum Gasteiger partial charge on any atom is -0.324 e. The van der Waals surface area contributed by atoms with Gasteiger partial charge in [0.1, 0.15) is 0 Å². The summed E-state index contributed by atoms with van der Waals surface area (Å²) in [4.78, 5) is 31.9. The second kappa shape index (κ2) is 9.20. The lowest BCUT2D eigenvalue weighted by molar-refractivity contribution is -0.121. The highest BCUT2D eigenvalue weighted by molar-refractivity contribution is 5.97. The number of benzene rings is 2. The first-order valence-electron chi connectivity index (χ1n) is 11.1. The molecule has 0 bridgehead atoms. The molecular weight excluding hydrogens is 388 g/mol. The van der Waals surface area contributed by atoms with Gasteiger partial charge in [0, 0.05) is 43.6 Å². The van der Waals surface area contributed by atoms with E-state index in [2.05, 4.69) is 28.1 Å². The van der Waals surface area contributed by atoms with Gasteiger partial charge in [0.05, 0.1) is 13.1 Å². The molecule has 2 aliphatic heterocycles. The quantitative estimate of drug-likeness (QED) is 0.808. The van der Waals surface area contributed by atoms with Crippen LogP contribution in [0.4, 0.5) is 11.4 Å². The number of amides is 2. The maximum absolute atomic E-state index is 13.0. The monoisotopic (exact) mass is 420 g/mol. The Morgan fingerprint density at radius 2 is 1.52 bits per heavy atom. The second-order valence-electron chi connectivity index (χ2n) is 8.81. The lowest BCUT2D eigenvalue weighted by Gasteiger charge is -2.35. The average molecular weight is 421 g/mol. The molecular formula is C25H32N4O2. The van der Waals surface area contributed by atoms with Gasteiger partial charge in [0.25, 0.3) is 0 Å². The number of carbonyl (C=O) groups excluding carboxylic acids is 2. The number of hydrogen-bond donors (Lipinski definition) is 1. The van der Waals surface area contributed by atoms with Crippen molar-refractivity contribution in [1.29, 1.82) is 0 Å². The molecule has 2 aromatic rings. The lowest BCUT2D eigenvalue weighted by atomic mass is 10.1. The molecule has 2 aliphatic rings. The van der Waals surface area contributed by atoms with E-state index in [9.17, 15) is 9.59 Å². The smallest absolute Gasteiger partial charge is 0.241 e. The first kappa shape index (κ1) is 21.5. The van der Waals surface area contributed by atoms with Crippen molar-refractivity contribution in [3.8, 4) is 0 Å². The van der Waals surface area contributed by atoms with Gasteiger partial charge in [-0.1, -0.05) is 36.4 Å². The Kier molecular flexibility index (Phi) is 6.39. The molecule has 6 heteroatoms. The summed E-state index contributed by atoms with van der Waals surface area (Å²) >= 11 is 0. The summed E-state index contributed by atoms with van der Waals surface area (Å²) in [7, 11) is 0. The van der Waals surface area contributed by atoms with Crippen molar-refractivity contribution in [2.24, 2.45) is 0 Å². The largest absolute Gasteiger partial charge is 0.324 e. The molecule has 0 spiro atoms. The summed E-state index contributed by atoms with van der Waals surface area (Å²) < 4.78 is 0. The minimum atomic E-state index is 0.0180. The van der Waals surface area contributed by atoms with Gasteiger partial charge in [-0.2, -0.15) is 0 Å². The molecule has 0 unspecified atom stereocenters. The molecule has 4 rings (SSSR count). The van der Waals surface area contributed by atoms with Crippen molar-refractivity contribution < 1.29 is 9.59 Å². The summed E-state index contributed by atoms with van der Waals surface area (Å²) in [5, 5.41) is 3.07. The first-order valence-corrected chi connectivity index (χ1v) is 11.1. The molecule has 0 radical (unpaired) electrons. The molecule has 2 heterocycles. The van der Waals surface area contributed by atoms with E-state index in [-0.39, 0.29) is 17.9 Å². The molecule has 1 atom stereocenters. The molecule has 164 valence electrons. The van der Waals surface area contributed by atoms with Crippen LogP contribution in [0.2, 0.25) is 0 Å². The number of anilines is 2. The Morgan fingerprint density at radius 1 is 0.903 bits per heavy atom. The summed E-state index contributed by atoms with van der Waals surface area (Å²) in [6, 6.07) is 14.4. The third kappa shape index (κ3) is 4.81. The van der Waals surface area contributed by atoms with Gasteiger partial charge in [-0.05, 0) is 49.9 Å². The van der Waals surface area contributed by atoms with Crippen LogP contribution in [0, 0.1) is 13.8 Å². The third-order valence-corrected chi connectivity index (χ3v) is 6.41. The molecule has 1 fully saturated rings. The molecule has 31 heavy (non-hydrogen) atoms. The standard InChI is InChI=1S/C25H32N4O2/c1-18-7-6-8-19(2)25(18)26-23(30)16-27-11-13-28(14-12-27)17-24(31)29-20(3)15-21-9-4-5-10-22(21)29/h4-10,20H,11-17H2,1-3H3,(H,26,30)/t20-/m0/s1. The average Bonchev–Trinajstić information content (AvgIpc) is 3.08. The van der Waals surface area contributed by atoms with E-state index in [4.69, 9.17) is 0 Å². The van der Waals surface area contributed by atoms with Crippen LogP contribution in [-0.2, 0) is 16.0 Å². The van der Waals surface area contributed by atoms with Crippen molar-refractivity contribution in [1.82, 2.24) is 9.80 Å². The molecule has 2 amide bonds. The Hall–Kier alpha value is -2.70. The van der Waals surface area contributed by atoms with E-state index in [1.807, 2.05) is 55.1 Å². The number of aryl methyl sites for hydroxylation is 2. The minimum absolute atomic E-state index is 0.0180. The SMILES string of the molecule is Cc1cccc(C)c1NC(=O)CN1CCN(CC(=O)N2c3ccccc3C[C@@H]2C)CC1. The Balaban J connectivity index is 1.26. The van der Waals surface area contributed by atoms with Crippen LogP contribution in [0.25, 0.3) is 0 Å². The number of hydrogen-bond acceptors (Lipinski definition) is 4. The lowest BCUT2D eigenvalue weighted by Crippen LogP contribution is -2.52. The van der Waals surface area contributed by atoms with Gasteiger partial charge in [-0.3, -0.25) is 19.4 Å². The van der Waals surface area contributed by atoms with Crippen LogP contribution < -0.4 is 10.2 Å². The zero-order chi connectivity index (χ0) is 22.0. The number of piperazine rings is 1. The van der Waals surface area contributed by atoms with Crippen molar-refractivity contribution in [3.63, 3.8) is 0 Å². The van der Waals surface area contributed by atoms with Crippen LogP contribution in [0.1, 0.15) is 23.6 Å². The summed E-state index contributed by atoms with van der Waals surface area (Å²) in [6.07, 6.45) is 0.922. The normalized spacial score (nSPS) is 19.3. The Morgan fingerprint density at radius 3 is 2.19 bits per heavy atom. The van der Waals surface area contributed by atoms with Gasteiger partial charge in [0.15, 0.2) is 0 Å². The maximum atomic E-state index is 13.0. The van der Waals surface area contributed by atoms with E-state index in [1.165, 1.54) is 5.56 Å². The van der Waals surface area contributed by atoms with Crippen LogP contribution in [0.3, 0.4) is 0 Å². The predicted octanol–water partition coefficient (Wildman–Crippen LogP) is 2.84. The molecule has 1 saturated heterocycles. The number of rotatable bonds is 5. The van der Waals surface area contributed by atoms with Crippen molar-refractivity contribution in [2.45, 2.75) is 33.2 Å². The number of nitrogens with one attached hydrogen (secondary N) is 1.